The van der Waals surface area contributed by atoms with Crippen LogP contribution in [0.2, 0.25) is 0 Å². The van der Waals surface area contributed by atoms with Crippen LogP contribution in [-0.4, -0.2) is 10.5 Å². The number of thiol groups is 1. The van der Waals surface area contributed by atoms with Gasteiger partial charge in [0.25, 0.3) is 0 Å². The first-order valence-corrected chi connectivity index (χ1v) is 4.65. The third-order valence-corrected chi connectivity index (χ3v) is 1.66. The molecule has 3 nitrogen and oxygen atoms in total. The Labute approximate surface area is 92.4 Å². The van der Waals surface area contributed by atoms with Crippen LogP contribution in [0.3, 0.4) is 0 Å². The Morgan fingerprint density at radius 2 is 2.00 bits per heavy atom. The average Bonchev–Trinajstić information content (AvgIpc) is 2.15. The maximum absolute atomic E-state index is 10.3. The molecule has 0 aliphatic heterocycles. The monoisotopic (exact) mass is 228 g/mol. The van der Waals surface area contributed by atoms with Crippen molar-refractivity contribution in [2.45, 2.75) is 6.61 Å². The smallest absolute Gasteiger partial charge is 0.372 e. The maximum Gasteiger partial charge on any atom is 0.372 e. The van der Waals surface area contributed by atoms with E-state index in [0.717, 1.165) is 5.56 Å². The molecule has 0 aliphatic rings. The van der Waals surface area contributed by atoms with Crippen LogP contribution < -0.4 is 0 Å². The van der Waals surface area contributed by atoms with Crippen molar-refractivity contribution in [3.8, 4) is 0 Å². The lowest BCUT2D eigenvalue weighted by atomic mass is 10.2. The molecular weight excluding hydrogens is 220 g/mol. The van der Waals surface area contributed by atoms with Crippen LogP contribution in [0.5, 0.6) is 0 Å². The van der Waals surface area contributed by atoms with Crippen molar-refractivity contribution >= 4 is 35.4 Å². The van der Waals surface area contributed by atoms with Crippen LogP contribution in [0.15, 0.2) is 30.3 Å². The largest absolute Gasteiger partial charge is 0.452 e. The molecule has 74 valence electrons. The van der Waals surface area contributed by atoms with E-state index in [-0.39, 0.29) is 11.8 Å². The fourth-order valence-corrected chi connectivity index (χ4v) is 1.10. The molecule has 1 aromatic carbocycles. The van der Waals surface area contributed by atoms with Crippen molar-refractivity contribution in [1.82, 2.24) is 0 Å². The molecule has 1 aromatic rings. The van der Waals surface area contributed by atoms with Gasteiger partial charge in [0.15, 0.2) is 0 Å². The van der Waals surface area contributed by atoms with Gasteiger partial charge in [-0.15, -0.1) is 0 Å². The molecule has 0 saturated heterocycles. The van der Waals surface area contributed by atoms with Crippen LogP contribution in [0, 0.1) is 0 Å². The van der Waals surface area contributed by atoms with Crippen molar-refractivity contribution in [2.75, 3.05) is 0 Å². The van der Waals surface area contributed by atoms with E-state index in [1.54, 1.807) is 0 Å². The van der Waals surface area contributed by atoms with Gasteiger partial charge in [-0.25, -0.2) is 4.79 Å². The van der Waals surface area contributed by atoms with E-state index in [1.165, 1.54) is 0 Å². The molecular formula is C9H8O3S2. The highest BCUT2D eigenvalue weighted by Gasteiger charge is 2.02. The van der Waals surface area contributed by atoms with Gasteiger partial charge in [-0.05, 0) is 5.56 Å². The first-order valence-electron chi connectivity index (χ1n) is 3.80. The summed E-state index contributed by atoms with van der Waals surface area (Å²) < 4.78 is 9.38. The van der Waals surface area contributed by atoms with E-state index >= 15 is 0 Å². The Bertz CT molecular complexity index is 324. The molecule has 0 radical (unpaired) electrons. The number of carbonyl (C=O) groups is 1. The molecule has 0 unspecified atom stereocenters. The summed E-state index contributed by atoms with van der Waals surface area (Å²) in [5, 5.41) is -0.989. The van der Waals surface area contributed by atoms with Crippen LogP contribution in [0.4, 0.5) is 4.79 Å². The predicted octanol–water partition coefficient (Wildman–Crippen LogP) is 2.55. The minimum atomic E-state index is -0.775. The van der Waals surface area contributed by atoms with Crippen molar-refractivity contribution in [1.29, 1.82) is 0 Å². The quantitative estimate of drug-likeness (QED) is 0.479. The zero-order chi connectivity index (χ0) is 10.4. The van der Waals surface area contributed by atoms with Gasteiger partial charge in [0.2, 0.25) is 0 Å². The molecule has 0 atom stereocenters. The number of thiocarbonyl (C=S) groups is 1. The highest BCUT2D eigenvalue weighted by molar-refractivity contribution is 7.96. The summed E-state index contributed by atoms with van der Waals surface area (Å²) in [6, 6.07) is 9.42. The summed E-state index contributed by atoms with van der Waals surface area (Å²) in [6.45, 7) is 0.279. The van der Waals surface area contributed by atoms with E-state index in [1.807, 2.05) is 30.3 Å². The number of benzene rings is 1. The van der Waals surface area contributed by atoms with Crippen LogP contribution in [0.25, 0.3) is 0 Å². The van der Waals surface area contributed by atoms with E-state index < -0.39 is 5.30 Å². The third-order valence-electron chi connectivity index (χ3n) is 1.37. The van der Waals surface area contributed by atoms with E-state index in [4.69, 9.17) is 4.74 Å². The van der Waals surface area contributed by atoms with Crippen molar-refractivity contribution in [2.24, 2.45) is 0 Å². The number of carbonyl (C=O) groups excluding carboxylic acids is 1. The summed E-state index contributed by atoms with van der Waals surface area (Å²) in [4.78, 5) is 10.3. The minimum absolute atomic E-state index is 0.214. The summed E-state index contributed by atoms with van der Waals surface area (Å²) in [5.74, 6) is 0. The van der Waals surface area contributed by atoms with Crippen LogP contribution >= 0.6 is 24.8 Å². The molecule has 0 heterocycles. The lowest BCUT2D eigenvalue weighted by Crippen LogP contribution is -2.08. The Balaban J connectivity index is 2.34. The molecule has 0 N–H and O–H groups in total. The topological polar surface area (TPSA) is 35.5 Å². The first-order chi connectivity index (χ1) is 6.68. The molecule has 0 saturated carbocycles. The lowest BCUT2D eigenvalue weighted by molar-refractivity contribution is 0.185. The SMILES string of the molecule is O=C(S)OC(=S)OCc1ccccc1. The number of hydrogen-bond donors (Lipinski definition) is 1. The van der Waals surface area contributed by atoms with Crippen LogP contribution in [-0.2, 0) is 16.1 Å². The van der Waals surface area contributed by atoms with Crippen molar-refractivity contribution in [3.05, 3.63) is 35.9 Å². The Morgan fingerprint density at radius 1 is 1.36 bits per heavy atom. The molecule has 14 heavy (non-hydrogen) atoms. The maximum atomic E-state index is 10.3. The molecule has 0 aliphatic carbocycles. The van der Waals surface area contributed by atoms with E-state index in [2.05, 4.69) is 29.6 Å². The second kappa shape index (κ2) is 5.62. The summed E-state index contributed by atoms with van der Waals surface area (Å²) in [6.07, 6.45) is 0. The third kappa shape index (κ3) is 4.25. The molecule has 0 aromatic heterocycles. The fourth-order valence-electron chi connectivity index (χ4n) is 0.817. The van der Waals surface area contributed by atoms with E-state index in [9.17, 15) is 4.79 Å². The molecule has 0 fully saturated rings. The summed E-state index contributed by atoms with van der Waals surface area (Å²) in [5.41, 5.74) is 0.949. The Hall–Kier alpha value is -1.07. The zero-order valence-corrected chi connectivity index (χ0v) is 8.88. The molecule has 5 heteroatoms. The molecule has 0 amide bonds. The standard InChI is InChI=1S/C9H8O3S2/c10-8(13)12-9(14)11-6-7-4-2-1-3-5-7/h1-5H,6H2,(H,10,13). The van der Waals surface area contributed by atoms with Gasteiger partial charge in [-0.3, -0.25) is 0 Å². The number of hydrogen-bond acceptors (Lipinski definition) is 4. The van der Waals surface area contributed by atoms with Gasteiger partial charge < -0.3 is 9.47 Å². The Morgan fingerprint density at radius 3 is 2.57 bits per heavy atom. The van der Waals surface area contributed by atoms with Gasteiger partial charge in [0.1, 0.15) is 6.61 Å². The summed E-state index contributed by atoms with van der Waals surface area (Å²) in [7, 11) is 0. The van der Waals surface area contributed by atoms with Gasteiger partial charge in [-0.1, -0.05) is 43.0 Å². The second-order valence-electron chi connectivity index (χ2n) is 2.39. The van der Waals surface area contributed by atoms with Gasteiger partial charge >= 0.3 is 10.5 Å². The van der Waals surface area contributed by atoms with Gasteiger partial charge in [0.05, 0.1) is 0 Å². The van der Waals surface area contributed by atoms with Gasteiger partial charge in [0, 0.05) is 12.2 Å². The average molecular weight is 228 g/mol. The van der Waals surface area contributed by atoms with Gasteiger partial charge in [-0.2, -0.15) is 0 Å². The first kappa shape index (κ1) is 11.0. The van der Waals surface area contributed by atoms with Crippen molar-refractivity contribution < 1.29 is 14.3 Å². The second-order valence-corrected chi connectivity index (χ2v) is 3.09. The summed E-state index contributed by atoms with van der Waals surface area (Å²) >= 11 is 8.00. The number of rotatable bonds is 2. The number of ether oxygens (including phenoxy) is 2. The van der Waals surface area contributed by atoms with Crippen molar-refractivity contribution in [3.63, 3.8) is 0 Å². The lowest BCUT2D eigenvalue weighted by Gasteiger charge is -2.05. The molecule has 1 rings (SSSR count). The molecule has 0 bridgehead atoms. The normalized spacial score (nSPS) is 9.21. The highest BCUT2D eigenvalue weighted by atomic mass is 32.1. The predicted molar refractivity (Wildman–Crippen MR) is 59.3 cm³/mol. The minimum Gasteiger partial charge on any atom is -0.452 e. The zero-order valence-electron chi connectivity index (χ0n) is 7.17. The highest BCUT2D eigenvalue weighted by Crippen LogP contribution is 2.02. The Kier molecular flexibility index (Phi) is 4.42. The molecule has 0 spiro atoms. The van der Waals surface area contributed by atoms with Crippen LogP contribution in [0.1, 0.15) is 5.56 Å². The fraction of sp³-hybridized carbons (Fsp3) is 0.111. The van der Waals surface area contributed by atoms with E-state index in [0.29, 0.717) is 0 Å².